The van der Waals surface area contributed by atoms with E-state index in [1.807, 2.05) is 61.5 Å². The van der Waals surface area contributed by atoms with Gasteiger partial charge in [0, 0.05) is 38.1 Å². The van der Waals surface area contributed by atoms with E-state index in [4.69, 9.17) is 30.8 Å². The van der Waals surface area contributed by atoms with Gasteiger partial charge in [-0.05, 0) is 48.4 Å². The molecular weight excluding hydrogens is 640 g/mol. The Morgan fingerprint density at radius 3 is 2.00 bits per heavy atom. The molecule has 0 saturated carbocycles. The van der Waals surface area contributed by atoms with Crippen LogP contribution in [0.15, 0.2) is 73.1 Å². The normalized spacial score (nSPS) is 12.1. The van der Waals surface area contributed by atoms with Gasteiger partial charge in [0.15, 0.2) is 17.6 Å². The summed E-state index contributed by atoms with van der Waals surface area (Å²) in [7, 11) is 4.89. The number of hydrogen-bond donors (Lipinski definition) is 0. The van der Waals surface area contributed by atoms with Crippen LogP contribution in [-0.2, 0) is 13.1 Å². The van der Waals surface area contributed by atoms with Crippen LogP contribution >= 0.6 is 11.6 Å². The van der Waals surface area contributed by atoms with Gasteiger partial charge in [0.05, 0.1) is 25.6 Å². The van der Waals surface area contributed by atoms with Crippen LogP contribution in [-0.4, -0.2) is 54.0 Å². The lowest BCUT2D eigenvalue weighted by Crippen LogP contribution is -2.29. The van der Waals surface area contributed by atoms with Crippen LogP contribution in [0.5, 0.6) is 17.5 Å². The number of alkyl halides is 3. The Hall–Kier alpha value is -4.91. The summed E-state index contributed by atoms with van der Waals surface area (Å²) >= 11 is 5.89. The highest BCUT2D eigenvalue weighted by Gasteiger charge is 2.30. The summed E-state index contributed by atoms with van der Waals surface area (Å²) in [5.41, 5.74) is 2.45. The van der Waals surface area contributed by atoms with E-state index in [-0.39, 0.29) is 16.7 Å². The number of methoxy groups -OCH3 is 2. The third-order valence-corrected chi connectivity index (χ3v) is 7.78. The number of rotatable bonds is 12. The average molecular weight is 671 g/mol. The molecule has 2 aromatic carbocycles. The zero-order valence-electron chi connectivity index (χ0n) is 25.9. The Balaban J connectivity index is 1.55. The molecule has 0 aliphatic carbocycles. The first-order chi connectivity index (χ1) is 22.5. The van der Waals surface area contributed by atoms with Gasteiger partial charge in [-0.2, -0.15) is 23.1 Å². The number of hydrogen-bond acceptors (Lipinski definition) is 9. The fraction of sp³-hybridized carbons (Fsp3) is 0.273. The Morgan fingerprint density at radius 2 is 1.45 bits per heavy atom. The average Bonchev–Trinajstić information content (AvgIpc) is 3.08. The fourth-order valence-corrected chi connectivity index (χ4v) is 5.12. The number of nitrogens with zero attached hydrogens (tertiary/aromatic N) is 6. The molecule has 246 valence electrons. The SMILES string of the molecule is COc1ccc(CN(Cc2ccc(OC)cc2)c2ncccc2C(C)N(C)c2nc(OCC(F)(F)F)nc3c(F)c(Cl)ncc23)cc1. The summed E-state index contributed by atoms with van der Waals surface area (Å²) in [6.45, 7) is 1.19. The Labute approximate surface area is 273 Å². The lowest BCUT2D eigenvalue weighted by Gasteiger charge is -2.32. The lowest BCUT2D eigenvalue weighted by atomic mass is 10.1. The predicted octanol–water partition coefficient (Wildman–Crippen LogP) is 7.57. The van der Waals surface area contributed by atoms with Crippen LogP contribution < -0.4 is 24.0 Å². The monoisotopic (exact) mass is 670 g/mol. The molecule has 5 rings (SSSR count). The van der Waals surface area contributed by atoms with Gasteiger partial charge in [-0.25, -0.2) is 14.4 Å². The van der Waals surface area contributed by atoms with Gasteiger partial charge >= 0.3 is 12.2 Å². The summed E-state index contributed by atoms with van der Waals surface area (Å²) in [5.74, 6) is 1.20. The standard InChI is InChI=1S/C33H31ClF4N6O3/c1-20(43(2)31-26-16-40-29(34)27(35)28(26)41-32(42-31)47-19-33(36,37)38)25-6-5-15-39-30(25)44(17-21-7-11-23(45-3)12-8-21)18-22-9-13-24(46-4)14-10-22/h5-16,20H,17-19H2,1-4H3. The summed E-state index contributed by atoms with van der Waals surface area (Å²) < 4.78 is 69.6. The van der Waals surface area contributed by atoms with Gasteiger partial charge in [0.25, 0.3) is 0 Å². The Bertz CT molecular complexity index is 1780. The molecule has 5 aromatic rings. The molecule has 0 aliphatic rings. The zero-order valence-corrected chi connectivity index (χ0v) is 26.7. The maximum atomic E-state index is 15.1. The van der Waals surface area contributed by atoms with E-state index in [0.29, 0.717) is 18.9 Å². The second kappa shape index (κ2) is 14.2. The molecule has 0 amide bonds. The quantitative estimate of drug-likeness (QED) is 0.0985. The van der Waals surface area contributed by atoms with Crippen LogP contribution in [0.2, 0.25) is 5.15 Å². The highest BCUT2D eigenvalue weighted by molar-refractivity contribution is 6.30. The van der Waals surface area contributed by atoms with Gasteiger partial charge in [-0.15, -0.1) is 0 Å². The first-order valence-corrected chi connectivity index (χ1v) is 14.7. The minimum atomic E-state index is -4.66. The van der Waals surface area contributed by atoms with Crippen molar-refractivity contribution in [1.29, 1.82) is 0 Å². The van der Waals surface area contributed by atoms with Crippen LogP contribution in [0.4, 0.5) is 29.2 Å². The van der Waals surface area contributed by atoms with Crippen LogP contribution in [0.25, 0.3) is 10.9 Å². The molecule has 0 fully saturated rings. The number of anilines is 2. The van der Waals surface area contributed by atoms with E-state index in [1.165, 1.54) is 6.20 Å². The van der Waals surface area contributed by atoms with Crippen molar-refractivity contribution >= 4 is 34.1 Å². The van der Waals surface area contributed by atoms with E-state index in [0.717, 1.165) is 28.2 Å². The topological polar surface area (TPSA) is 85.7 Å². The van der Waals surface area contributed by atoms with Crippen molar-refractivity contribution in [2.45, 2.75) is 32.2 Å². The van der Waals surface area contributed by atoms with Crippen molar-refractivity contribution in [1.82, 2.24) is 19.9 Å². The van der Waals surface area contributed by atoms with Crippen molar-refractivity contribution in [3.63, 3.8) is 0 Å². The number of pyridine rings is 2. The third kappa shape index (κ3) is 7.91. The van der Waals surface area contributed by atoms with Gasteiger partial charge in [0.1, 0.15) is 28.7 Å². The molecule has 0 spiro atoms. The highest BCUT2D eigenvalue weighted by atomic mass is 35.5. The summed E-state index contributed by atoms with van der Waals surface area (Å²) in [6, 6.07) is 18.0. The molecule has 0 radical (unpaired) electrons. The largest absolute Gasteiger partial charge is 0.497 e. The molecule has 0 N–H and O–H groups in total. The second-order valence-corrected chi connectivity index (χ2v) is 11.0. The number of benzene rings is 2. The van der Waals surface area contributed by atoms with E-state index < -0.39 is 35.8 Å². The molecule has 0 saturated heterocycles. The smallest absolute Gasteiger partial charge is 0.422 e. The maximum absolute atomic E-state index is 15.1. The number of aromatic nitrogens is 4. The van der Waals surface area contributed by atoms with Crippen LogP contribution in [0.3, 0.4) is 0 Å². The molecule has 14 heteroatoms. The number of halogens is 5. The molecule has 0 bridgehead atoms. The summed E-state index contributed by atoms with van der Waals surface area (Å²) in [4.78, 5) is 20.6. The van der Waals surface area contributed by atoms with Gasteiger partial charge in [0.2, 0.25) is 0 Å². The molecule has 3 heterocycles. The molecule has 9 nitrogen and oxygen atoms in total. The van der Waals surface area contributed by atoms with E-state index >= 15 is 4.39 Å². The van der Waals surface area contributed by atoms with Crippen molar-refractivity contribution in [2.75, 3.05) is 37.7 Å². The van der Waals surface area contributed by atoms with Crippen molar-refractivity contribution in [3.05, 3.63) is 101 Å². The molecule has 3 aromatic heterocycles. The van der Waals surface area contributed by atoms with Crippen LogP contribution in [0, 0.1) is 5.82 Å². The zero-order chi connectivity index (χ0) is 33.7. The lowest BCUT2D eigenvalue weighted by molar-refractivity contribution is -0.154. The Morgan fingerprint density at radius 1 is 0.851 bits per heavy atom. The highest BCUT2D eigenvalue weighted by Crippen LogP contribution is 2.36. The Kier molecular flexibility index (Phi) is 10.1. The minimum absolute atomic E-state index is 0.0920. The van der Waals surface area contributed by atoms with Crippen molar-refractivity contribution in [3.8, 4) is 17.5 Å². The van der Waals surface area contributed by atoms with Crippen molar-refractivity contribution in [2.24, 2.45) is 0 Å². The maximum Gasteiger partial charge on any atom is 0.422 e. The first-order valence-electron chi connectivity index (χ1n) is 14.4. The second-order valence-electron chi connectivity index (χ2n) is 10.6. The van der Waals surface area contributed by atoms with Crippen LogP contribution in [0.1, 0.15) is 29.7 Å². The van der Waals surface area contributed by atoms with Gasteiger partial charge in [-0.3, -0.25) is 0 Å². The minimum Gasteiger partial charge on any atom is -0.497 e. The van der Waals surface area contributed by atoms with Crippen molar-refractivity contribution < 1.29 is 31.8 Å². The van der Waals surface area contributed by atoms with Gasteiger partial charge in [-0.1, -0.05) is 41.9 Å². The summed E-state index contributed by atoms with van der Waals surface area (Å²) in [5, 5.41) is -0.346. The first kappa shape index (κ1) is 33.5. The molecule has 1 atom stereocenters. The molecule has 47 heavy (non-hydrogen) atoms. The molecule has 1 unspecified atom stereocenters. The predicted molar refractivity (Wildman–Crippen MR) is 171 cm³/mol. The fourth-order valence-electron chi connectivity index (χ4n) is 4.98. The number of fused-ring (bicyclic) bond motifs is 1. The van der Waals surface area contributed by atoms with E-state index in [9.17, 15) is 13.2 Å². The van der Waals surface area contributed by atoms with Gasteiger partial charge < -0.3 is 24.0 Å². The molecular formula is C33H31ClF4N6O3. The third-order valence-electron chi connectivity index (χ3n) is 7.51. The van der Waals surface area contributed by atoms with E-state index in [1.54, 1.807) is 38.4 Å². The van der Waals surface area contributed by atoms with E-state index in [2.05, 4.69) is 19.9 Å². The molecule has 0 aliphatic heterocycles. The summed E-state index contributed by atoms with van der Waals surface area (Å²) in [6.07, 6.45) is -1.70. The number of ether oxygens (including phenoxy) is 3.